The summed E-state index contributed by atoms with van der Waals surface area (Å²) in [5, 5.41) is 8.95. The Balaban J connectivity index is 2.69. The van der Waals surface area contributed by atoms with Gasteiger partial charge in [-0.15, -0.1) is 11.3 Å². The van der Waals surface area contributed by atoms with Crippen molar-refractivity contribution in [2.75, 3.05) is 5.73 Å². The van der Waals surface area contributed by atoms with Gasteiger partial charge in [0.25, 0.3) is 0 Å². The molecule has 0 aliphatic heterocycles. The molecule has 0 saturated heterocycles. The van der Waals surface area contributed by atoms with Crippen LogP contribution in [0.25, 0.3) is 10.4 Å². The van der Waals surface area contributed by atoms with Gasteiger partial charge in [-0.2, -0.15) is 5.26 Å². The molecule has 1 aromatic carbocycles. The molecule has 2 N–H and O–H groups in total. The van der Waals surface area contributed by atoms with Crippen LogP contribution in [0.3, 0.4) is 0 Å². The Morgan fingerprint density at radius 1 is 1.41 bits per heavy atom. The molecule has 2 nitrogen and oxygen atoms in total. The van der Waals surface area contributed by atoms with E-state index in [1.807, 2.05) is 6.92 Å². The normalized spacial score (nSPS) is 10.2. The van der Waals surface area contributed by atoms with E-state index in [1.54, 1.807) is 18.2 Å². The third-order valence-corrected chi connectivity index (χ3v) is 3.81. The highest BCUT2D eigenvalue weighted by molar-refractivity contribution is 7.16. The van der Waals surface area contributed by atoms with E-state index < -0.39 is 0 Å². The van der Waals surface area contributed by atoms with Crippen molar-refractivity contribution in [2.45, 2.75) is 13.3 Å². The van der Waals surface area contributed by atoms with Gasteiger partial charge in [0, 0.05) is 10.4 Å². The van der Waals surface area contributed by atoms with Gasteiger partial charge in [-0.05, 0) is 18.1 Å². The molecule has 0 bridgehead atoms. The predicted octanol–water partition coefficient (Wildman–Crippen LogP) is 3.57. The van der Waals surface area contributed by atoms with E-state index in [0.29, 0.717) is 22.5 Å². The van der Waals surface area contributed by atoms with Gasteiger partial charge in [0.05, 0.1) is 5.69 Å². The Labute approximate surface area is 103 Å². The zero-order valence-corrected chi connectivity index (χ0v) is 10.1. The number of nitrogens with two attached hydrogens (primary N) is 1. The number of nitrogens with zero attached hydrogens (tertiary/aromatic N) is 1. The minimum absolute atomic E-state index is 0.284. The van der Waals surface area contributed by atoms with Crippen molar-refractivity contribution in [3.05, 3.63) is 40.5 Å². The van der Waals surface area contributed by atoms with Gasteiger partial charge in [0.15, 0.2) is 0 Å². The van der Waals surface area contributed by atoms with Crippen LogP contribution in [-0.2, 0) is 6.42 Å². The Bertz CT molecular complexity index is 596. The first kappa shape index (κ1) is 11.6. The lowest BCUT2D eigenvalue weighted by Gasteiger charge is -2.03. The van der Waals surface area contributed by atoms with Crippen molar-refractivity contribution in [1.82, 2.24) is 0 Å². The molecule has 0 radical (unpaired) electrons. The molecule has 0 atom stereocenters. The zero-order chi connectivity index (χ0) is 12.4. The Morgan fingerprint density at radius 3 is 2.71 bits per heavy atom. The largest absolute Gasteiger partial charge is 0.397 e. The van der Waals surface area contributed by atoms with Crippen LogP contribution < -0.4 is 5.73 Å². The van der Waals surface area contributed by atoms with Crippen LogP contribution in [0.4, 0.5) is 10.1 Å². The molecule has 4 heteroatoms. The molecule has 1 heterocycles. The van der Waals surface area contributed by atoms with E-state index in [2.05, 4.69) is 6.07 Å². The lowest BCUT2D eigenvalue weighted by atomic mass is 10.1. The van der Waals surface area contributed by atoms with Crippen molar-refractivity contribution in [3.8, 4) is 16.5 Å². The van der Waals surface area contributed by atoms with Gasteiger partial charge in [-0.3, -0.25) is 0 Å². The van der Waals surface area contributed by atoms with Crippen molar-refractivity contribution in [1.29, 1.82) is 5.26 Å². The zero-order valence-electron chi connectivity index (χ0n) is 9.33. The number of benzene rings is 1. The molecule has 2 aromatic rings. The van der Waals surface area contributed by atoms with E-state index in [1.165, 1.54) is 17.4 Å². The number of halogens is 1. The van der Waals surface area contributed by atoms with E-state index in [9.17, 15) is 4.39 Å². The molecule has 0 spiro atoms. The van der Waals surface area contributed by atoms with Gasteiger partial charge < -0.3 is 5.73 Å². The Hall–Kier alpha value is -1.86. The van der Waals surface area contributed by atoms with Crippen LogP contribution in [-0.4, -0.2) is 0 Å². The number of nitrogen functional groups attached to an aromatic ring is 1. The lowest BCUT2D eigenvalue weighted by molar-refractivity contribution is 0.631. The van der Waals surface area contributed by atoms with Crippen LogP contribution in [0.2, 0.25) is 0 Å². The second kappa shape index (κ2) is 4.56. The quantitative estimate of drug-likeness (QED) is 0.880. The van der Waals surface area contributed by atoms with Gasteiger partial charge in [-0.25, -0.2) is 4.39 Å². The first-order valence-corrected chi connectivity index (χ1v) is 6.06. The summed E-state index contributed by atoms with van der Waals surface area (Å²) in [6, 6.07) is 8.60. The van der Waals surface area contributed by atoms with Crippen molar-refractivity contribution >= 4 is 17.0 Å². The fraction of sp³-hybridized carbons (Fsp3) is 0.154. The SMILES string of the molecule is CCc1c(-c2ccccc2F)sc(C#N)c1N. The standard InChI is InChI=1S/C13H11FN2S/c1-2-8-12(16)11(7-15)17-13(8)9-5-3-4-6-10(9)14/h3-6H,2,16H2,1H3. The molecule has 0 unspecified atom stereocenters. The highest BCUT2D eigenvalue weighted by Gasteiger charge is 2.17. The van der Waals surface area contributed by atoms with Gasteiger partial charge in [-0.1, -0.05) is 25.1 Å². The summed E-state index contributed by atoms with van der Waals surface area (Å²) in [7, 11) is 0. The first-order chi connectivity index (χ1) is 8.19. The third-order valence-electron chi connectivity index (χ3n) is 2.62. The molecule has 0 aliphatic carbocycles. The average Bonchev–Trinajstić information content (AvgIpc) is 2.66. The summed E-state index contributed by atoms with van der Waals surface area (Å²) in [4.78, 5) is 1.22. The maximum atomic E-state index is 13.7. The summed E-state index contributed by atoms with van der Waals surface area (Å²) in [5.74, 6) is -0.284. The van der Waals surface area contributed by atoms with Crippen LogP contribution in [0.15, 0.2) is 24.3 Å². The van der Waals surface area contributed by atoms with Gasteiger partial charge in [0.2, 0.25) is 0 Å². The summed E-state index contributed by atoms with van der Waals surface area (Å²) in [5.41, 5.74) is 7.74. The molecule has 0 amide bonds. The van der Waals surface area contributed by atoms with Crippen LogP contribution in [0.5, 0.6) is 0 Å². The molecule has 86 valence electrons. The van der Waals surface area contributed by atoms with E-state index >= 15 is 0 Å². The summed E-state index contributed by atoms with van der Waals surface area (Å²) in [6.07, 6.45) is 0.688. The van der Waals surface area contributed by atoms with Crippen molar-refractivity contribution < 1.29 is 4.39 Å². The molecule has 0 saturated carbocycles. The fourth-order valence-electron chi connectivity index (χ4n) is 1.77. The number of thiophene rings is 1. The first-order valence-electron chi connectivity index (χ1n) is 5.25. The van der Waals surface area contributed by atoms with E-state index in [-0.39, 0.29) is 5.82 Å². The second-order valence-electron chi connectivity index (χ2n) is 3.60. The summed E-state index contributed by atoms with van der Waals surface area (Å²) < 4.78 is 13.7. The highest BCUT2D eigenvalue weighted by atomic mass is 32.1. The van der Waals surface area contributed by atoms with E-state index in [4.69, 9.17) is 11.0 Å². The Morgan fingerprint density at radius 2 is 2.12 bits per heavy atom. The van der Waals surface area contributed by atoms with Crippen LogP contribution in [0.1, 0.15) is 17.4 Å². The Kier molecular flexibility index (Phi) is 3.12. The van der Waals surface area contributed by atoms with Crippen LogP contribution in [0, 0.1) is 17.1 Å². The average molecular weight is 246 g/mol. The van der Waals surface area contributed by atoms with Crippen molar-refractivity contribution in [3.63, 3.8) is 0 Å². The highest BCUT2D eigenvalue weighted by Crippen LogP contribution is 2.39. The smallest absolute Gasteiger partial charge is 0.131 e. The second-order valence-corrected chi connectivity index (χ2v) is 4.62. The monoisotopic (exact) mass is 246 g/mol. The molecule has 0 fully saturated rings. The number of hydrogen-bond donors (Lipinski definition) is 1. The van der Waals surface area contributed by atoms with Crippen molar-refractivity contribution in [2.24, 2.45) is 0 Å². The number of rotatable bonds is 2. The molecular formula is C13H11FN2S. The minimum Gasteiger partial charge on any atom is -0.397 e. The van der Waals surface area contributed by atoms with Crippen LogP contribution >= 0.6 is 11.3 Å². The lowest BCUT2D eigenvalue weighted by Crippen LogP contribution is -1.92. The number of hydrogen-bond acceptors (Lipinski definition) is 3. The van der Waals surface area contributed by atoms with E-state index in [0.717, 1.165) is 10.4 Å². The number of anilines is 1. The van der Waals surface area contributed by atoms with Gasteiger partial charge >= 0.3 is 0 Å². The topological polar surface area (TPSA) is 49.8 Å². The maximum Gasteiger partial charge on any atom is 0.131 e. The number of nitriles is 1. The summed E-state index contributed by atoms with van der Waals surface area (Å²) >= 11 is 1.25. The fourth-order valence-corrected chi connectivity index (χ4v) is 2.91. The molecule has 1 aromatic heterocycles. The molecule has 2 rings (SSSR count). The summed E-state index contributed by atoms with van der Waals surface area (Å²) in [6.45, 7) is 1.95. The predicted molar refractivity (Wildman–Crippen MR) is 68.2 cm³/mol. The third kappa shape index (κ3) is 1.90. The maximum absolute atomic E-state index is 13.7. The molecule has 17 heavy (non-hydrogen) atoms. The van der Waals surface area contributed by atoms with Gasteiger partial charge in [0.1, 0.15) is 16.8 Å². The minimum atomic E-state index is -0.284. The molecular weight excluding hydrogens is 235 g/mol. The molecule has 0 aliphatic rings.